The third kappa shape index (κ3) is 4.70. The smallest absolute Gasteiger partial charge is 0.106 e. The molecule has 1 rings (SSSR count). The average Bonchev–Trinajstić information content (AvgIpc) is 2.27. The summed E-state index contributed by atoms with van der Waals surface area (Å²) in [6.45, 7) is 8.28. The average molecular weight is 280 g/mol. The summed E-state index contributed by atoms with van der Waals surface area (Å²) in [4.78, 5) is 1.53. The Labute approximate surface area is 120 Å². The third-order valence-electron chi connectivity index (χ3n) is 2.23. The predicted octanol–water partition coefficient (Wildman–Crippen LogP) is 3.03. The Balaban J connectivity index is 2.85. The van der Waals surface area contributed by atoms with Crippen molar-refractivity contribution in [3.05, 3.63) is 35.4 Å². The maximum absolute atomic E-state index is 5.36. The van der Waals surface area contributed by atoms with Crippen molar-refractivity contribution >= 4 is 34.4 Å². The van der Waals surface area contributed by atoms with Crippen molar-refractivity contribution in [2.45, 2.75) is 39.8 Å². The second kappa shape index (κ2) is 6.81. The number of thiocarbonyl (C=S) groups is 2. The molecule has 2 nitrogen and oxygen atoms in total. The summed E-state index contributed by atoms with van der Waals surface area (Å²) in [7, 11) is 0. The van der Waals surface area contributed by atoms with Crippen LogP contribution in [0.4, 0.5) is 0 Å². The van der Waals surface area contributed by atoms with Crippen LogP contribution in [0.5, 0.6) is 0 Å². The van der Waals surface area contributed by atoms with Crippen LogP contribution in [0.2, 0.25) is 0 Å². The predicted molar refractivity (Wildman–Crippen MR) is 86.4 cm³/mol. The highest BCUT2D eigenvalue weighted by atomic mass is 32.1. The van der Waals surface area contributed by atoms with E-state index in [1.807, 2.05) is 24.3 Å². The Morgan fingerprint density at radius 1 is 0.889 bits per heavy atom. The molecule has 0 radical (unpaired) electrons. The molecule has 98 valence electrons. The molecule has 2 N–H and O–H groups in total. The van der Waals surface area contributed by atoms with E-state index in [4.69, 9.17) is 24.4 Å². The topological polar surface area (TPSA) is 24.1 Å². The Bertz CT molecular complexity index is 402. The van der Waals surface area contributed by atoms with Crippen LogP contribution in [0.15, 0.2) is 24.3 Å². The fourth-order valence-corrected chi connectivity index (χ4v) is 2.22. The molecule has 0 aliphatic heterocycles. The number of nitrogens with one attached hydrogen (secondary N) is 2. The number of hydrogen-bond donors (Lipinski definition) is 2. The fourth-order valence-electron chi connectivity index (χ4n) is 1.49. The summed E-state index contributed by atoms with van der Waals surface area (Å²) in [5.74, 6) is 0. The quantitative estimate of drug-likeness (QED) is 0.828. The van der Waals surface area contributed by atoms with Gasteiger partial charge in [-0.05, 0) is 33.8 Å². The van der Waals surface area contributed by atoms with Crippen LogP contribution in [-0.4, -0.2) is 22.1 Å². The molecule has 0 fully saturated rings. The molecule has 0 saturated carbocycles. The van der Waals surface area contributed by atoms with Crippen molar-refractivity contribution < 1.29 is 0 Å². The summed E-state index contributed by atoms with van der Waals surface area (Å²) in [5, 5.41) is 6.47. The van der Waals surface area contributed by atoms with Gasteiger partial charge in [-0.2, -0.15) is 0 Å². The first kappa shape index (κ1) is 15.1. The van der Waals surface area contributed by atoms with Gasteiger partial charge in [0.15, 0.2) is 0 Å². The van der Waals surface area contributed by atoms with E-state index < -0.39 is 0 Å². The summed E-state index contributed by atoms with van der Waals surface area (Å²) < 4.78 is 0. The van der Waals surface area contributed by atoms with E-state index in [-0.39, 0.29) is 0 Å². The van der Waals surface area contributed by atoms with Crippen LogP contribution in [0.1, 0.15) is 38.8 Å². The maximum Gasteiger partial charge on any atom is 0.106 e. The standard InChI is InChI=1S/C14H20N2S2/c1-9(2)15-13(17)11-6-5-7-12(8-11)14(18)16-10(3)4/h5-10H,1-4H3,(H,15,17)(H,16,18). The molecule has 18 heavy (non-hydrogen) atoms. The van der Waals surface area contributed by atoms with Crippen molar-refractivity contribution in [2.24, 2.45) is 0 Å². The largest absolute Gasteiger partial charge is 0.374 e. The van der Waals surface area contributed by atoms with Gasteiger partial charge in [0.25, 0.3) is 0 Å². The summed E-state index contributed by atoms with van der Waals surface area (Å²) in [6, 6.07) is 8.67. The first-order valence-electron chi connectivity index (χ1n) is 6.12. The van der Waals surface area contributed by atoms with E-state index in [1.165, 1.54) is 0 Å². The molecule has 0 spiro atoms. The molecule has 0 aliphatic rings. The van der Waals surface area contributed by atoms with Gasteiger partial charge in [0.05, 0.1) is 0 Å². The van der Waals surface area contributed by atoms with E-state index in [1.54, 1.807) is 0 Å². The lowest BCUT2D eigenvalue weighted by atomic mass is 10.1. The zero-order chi connectivity index (χ0) is 13.7. The van der Waals surface area contributed by atoms with Crippen molar-refractivity contribution in [1.29, 1.82) is 0 Å². The molecule has 0 atom stereocenters. The van der Waals surface area contributed by atoms with Crippen LogP contribution in [0.25, 0.3) is 0 Å². The van der Waals surface area contributed by atoms with Gasteiger partial charge in [0, 0.05) is 23.2 Å². The number of rotatable bonds is 4. The van der Waals surface area contributed by atoms with Crippen LogP contribution < -0.4 is 10.6 Å². The zero-order valence-corrected chi connectivity index (χ0v) is 12.9. The minimum atomic E-state index is 0.335. The second-order valence-corrected chi connectivity index (χ2v) is 5.65. The Morgan fingerprint density at radius 2 is 1.28 bits per heavy atom. The SMILES string of the molecule is CC(C)NC(=S)c1cccc(C(=S)NC(C)C)c1. The first-order valence-corrected chi connectivity index (χ1v) is 6.93. The summed E-state index contributed by atoms with van der Waals surface area (Å²) in [5.41, 5.74) is 2.01. The van der Waals surface area contributed by atoms with Crippen LogP contribution >= 0.6 is 24.4 Å². The van der Waals surface area contributed by atoms with Crippen molar-refractivity contribution in [3.63, 3.8) is 0 Å². The monoisotopic (exact) mass is 280 g/mol. The van der Waals surface area contributed by atoms with Gasteiger partial charge in [0.1, 0.15) is 9.98 Å². The van der Waals surface area contributed by atoms with Gasteiger partial charge in [-0.15, -0.1) is 0 Å². The van der Waals surface area contributed by atoms with E-state index >= 15 is 0 Å². The first-order chi connectivity index (χ1) is 8.40. The Hall–Kier alpha value is -1.00. The molecule has 4 heteroatoms. The maximum atomic E-state index is 5.36. The van der Waals surface area contributed by atoms with Crippen LogP contribution in [0.3, 0.4) is 0 Å². The molecule has 0 unspecified atom stereocenters. The normalized spacial score (nSPS) is 10.6. The fraction of sp³-hybridized carbons (Fsp3) is 0.429. The third-order valence-corrected chi connectivity index (χ3v) is 2.93. The summed E-state index contributed by atoms with van der Waals surface area (Å²) in [6.07, 6.45) is 0. The van der Waals surface area contributed by atoms with E-state index in [0.717, 1.165) is 21.1 Å². The summed E-state index contributed by atoms with van der Waals surface area (Å²) >= 11 is 10.7. The molecule has 0 aliphatic carbocycles. The Kier molecular flexibility index (Phi) is 5.69. The molecular formula is C14H20N2S2. The van der Waals surface area contributed by atoms with Gasteiger partial charge >= 0.3 is 0 Å². The van der Waals surface area contributed by atoms with E-state index in [9.17, 15) is 0 Å². The van der Waals surface area contributed by atoms with Gasteiger partial charge in [-0.3, -0.25) is 0 Å². The highest BCUT2D eigenvalue weighted by Crippen LogP contribution is 2.07. The number of hydrogen-bond acceptors (Lipinski definition) is 2. The zero-order valence-electron chi connectivity index (χ0n) is 11.3. The minimum absolute atomic E-state index is 0.335. The van der Waals surface area contributed by atoms with E-state index in [2.05, 4.69) is 38.3 Å². The highest BCUT2D eigenvalue weighted by Gasteiger charge is 2.07. The highest BCUT2D eigenvalue weighted by molar-refractivity contribution is 7.81. The van der Waals surface area contributed by atoms with Crippen LogP contribution in [0, 0.1) is 0 Å². The molecule has 0 aromatic heterocycles. The van der Waals surface area contributed by atoms with Gasteiger partial charge in [-0.1, -0.05) is 42.6 Å². The van der Waals surface area contributed by atoms with Gasteiger partial charge in [-0.25, -0.2) is 0 Å². The molecule has 0 saturated heterocycles. The van der Waals surface area contributed by atoms with Crippen molar-refractivity contribution in [2.75, 3.05) is 0 Å². The molecule has 1 aromatic carbocycles. The number of benzene rings is 1. The molecule has 0 amide bonds. The van der Waals surface area contributed by atoms with Crippen LogP contribution in [-0.2, 0) is 0 Å². The molecule has 1 aromatic rings. The van der Waals surface area contributed by atoms with Gasteiger partial charge in [0.2, 0.25) is 0 Å². The van der Waals surface area contributed by atoms with Crippen molar-refractivity contribution in [3.8, 4) is 0 Å². The van der Waals surface area contributed by atoms with Crippen molar-refractivity contribution in [1.82, 2.24) is 10.6 Å². The molecular weight excluding hydrogens is 260 g/mol. The lowest BCUT2D eigenvalue weighted by Gasteiger charge is -2.14. The minimum Gasteiger partial charge on any atom is -0.374 e. The second-order valence-electron chi connectivity index (χ2n) is 4.84. The van der Waals surface area contributed by atoms with E-state index in [0.29, 0.717) is 12.1 Å². The lowest BCUT2D eigenvalue weighted by molar-refractivity contribution is 0.740. The Morgan fingerprint density at radius 3 is 1.61 bits per heavy atom. The van der Waals surface area contributed by atoms with Gasteiger partial charge < -0.3 is 10.6 Å². The molecule has 0 heterocycles. The molecule has 0 bridgehead atoms. The lowest BCUT2D eigenvalue weighted by Crippen LogP contribution is -2.31.